The number of rotatable bonds is 5. The molecule has 0 aliphatic rings. The molecule has 1 aromatic rings. The van der Waals surface area contributed by atoms with Crippen molar-refractivity contribution in [2.75, 3.05) is 20.8 Å². The van der Waals surface area contributed by atoms with Crippen molar-refractivity contribution in [1.29, 1.82) is 0 Å². The van der Waals surface area contributed by atoms with Crippen LogP contribution in [0, 0.1) is 0 Å². The van der Waals surface area contributed by atoms with Gasteiger partial charge in [-0.05, 0) is 34.1 Å². The summed E-state index contributed by atoms with van der Waals surface area (Å²) < 4.78 is 15.7. The average Bonchev–Trinajstić information content (AvgIpc) is 2.30. The molecular weight excluding hydrogens is 276 g/mol. The first-order valence-corrected chi connectivity index (χ1v) is 5.50. The molecule has 4 nitrogen and oxygen atoms in total. The lowest BCUT2D eigenvalue weighted by Gasteiger charge is -2.08. The largest absolute Gasteiger partial charge is 0.497 e. The number of esters is 1. The number of benzene rings is 1. The van der Waals surface area contributed by atoms with Crippen LogP contribution in [0.5, 0.6) is 11.5 Å². The molecule has 88 valence electrons. The minimum absolute atomic E-state index is 0.231. The SMILES string of the molecule is COC(=O)CCOc1ccc(OC)cc1Br. The summed E-state index contributed by atoms with van der Waals surface area (Å²) in [5.41, 5.74) is 0. The van der Waals surface area contributed by atoms with Crippen molar-refractivity contribution in [2.24, 2.45) is 0 Å². The van der Waals surface area contributed by atoms with Crippen LogP contribution in [-0.4, -0.2) is 26.8 Å². The molecule has 0 unspecified atom stereocenters. The number of carbonyl (C=O) groups excluding carboxylic acids is 1. The Labute approximate surface area is 103 Å². The van der Waals surface area contributed by atoms with Crippen LogP contribution < -0.4 is 9.47 Å². The molecular formula is C11H13BrO4. The van der Waals surface area contributed by atoms with Crippen LogP contribution in [0.3, 0.4) is 0 Å². The summed E-state index contributed by atoms with van der Waals surface area (Å²) in [6.07, 6.45) is 0.231. The molecule has 0 fully saturated rings. The van der Waals surface area contributed by atoms with Gasteiger partial charge in [-0.2, -0.15) is 0 Å². The minimum Gasteiger partial charge on any atom is -0.497 e. The van der Waals surface area contributed by atoms with Gasteiger partial charge in [-0.25, -0.2) is 0 Å². The number of halogens is 1. The third-order valence-electron chi connectivity index (χ3n) is 1.93. The van der Waals surface area contributed by atoms with Gasteiger partial charge in [0.2, 0.25) is 0 Å². The van der Waals surface area contributed by atoms with E-state index in [9.17, 15) is 4.79 Å². The maximum absolute atomic E-state index is 10.9. The van der Waals surface area contributed by atoms with E-state index in [1.54, 1.807) is 25.3 Å². The van der Waals surface area contributed by atoms with Gasteiger partial charge in [-0.3, -0.25) is 4.79 Å². The van der Waals surface area contributed by atoms with Crippen molar-refractivity contribution in [3.63, 3.8) is 0 Å². The Hall–Kier alpha value is -1.23. The Bertz CT molecular complexity index is 365. The molecule has 0 bridgehead atoms. The molecule has 0 aliphatic heterocycles. The highest BCUT2D eigenvalue weighted by Crippen LogP contribution is 2.29. The molecule has 5 heteroatoms. The molecule has 0 aliphatic carbocycles. The van der Waals surface area contributed by atoms with Crippen LogP contribution >= 0.6 is 15.9 Å². The third-order valence-corrected chi connectivity index (χ3v) is 2.55. The van der Waals surface area contributed by atoms with Crippen LogP contribution in [0.2, 0.25) is 0 Å². The van der Waals surface area contributed by atoms with Crippen molar-refractivity contribution in [3.8, 4) is 11.5 Å². The molecule has 0 aromatic heterocycles. The second-order valence-corrected chi connectivity index (χ2v) is 3.83. The number of ether oxygens (including phenoxy) is 3. The van der Waals surface area contributed by atoms with E-state index in [2.05, 4.69) is 20.7 Å². The van der Waals surface area contributed by atoms with Crippen LogP contribution in [0.25, 0.3) is 0 Å². The van der Waals surface area contributed by atoms with Crippen molar-refractivity contribution in [2.45, 2.75) is 6.42 Å². The maximum atomic E-state index is 10.9. The van der Waals surface area contributed by atoms with Crippen molar-refractivity contribution in [3.05, 3.63) is 22.7 Å². The van der Waals surface area contributed by atoms with E-state index in [1.807, 2.05) is 0 Å². The highest BCUT2D eigenvalue weighted by atomic mass is 79.9. The highest BCUT2D eigenvalue weighted by Gasteiger charge is 2.05. The van der Waals surface area contributed by atoms with Crippen molar-refractivity contribution >= 4 is 21.9 Å². The fraction of sp³-hybridized carbons (Fsp3) is 0.364. The van der Waals surface area contributed by atoms with Gasteiger partial charge in [0.1, 0.15) is 11.5 Å². The van der Waals surface area contributed by atoms with Crippen LogP contribution in [-0.2, 0) is 9.53 Å². The quantitative estimate of drug-likeness (QED) is 0.781. The van der Waals surface area contributed by atoms with Crippen LogP contribution in [0.15, 0.2) is 22.7 Å². The summed E-state index contributed by atoms with van der Waals surface area (Å²) in [5.74, 6) is 1.13. The fourth-order valence-electron chi connectivity index (χ4n) is 1.07. The van der Waals surface area contributed by atoms with Gasteiger partial charge in [0, 0.05) is 0 Å². The minimum atomic E-state index is -0.287. The van der Waals surface area contributed by atoms with Crippen molar-refractivity contribution in [1.82, 2.24) is 0 Å². The summed E-state index contributed by atoms with van der Waals surface area (Å²) in [6.45, 7) is 0.289. The number of hydrogen-bond donors (Lipinski definition) is 0. The fourth-order valence-corrected chi connectivity index (χ4v) is 1.54. The summed E-state index contributed by atoms with van der Waals surface area (Å²) in [5, 5.41) is 0. The van der Waals surface area contributed by atoms with E-state index in [0.29, 0.717) is 5.75 Å². The smallest absolute Gasteiger partial charge is 0.308 e. The molecule has 1 aromatic carbocycles. The molecule has 0 heterocycles. The number of hydrogen-bond acceptors (Lipinski definition) is 4. The van der Waals surface area contributed by atoms with Crippen LogP contribution in [0.4, 0.5) is 0 Å². The predicted octanol–water partition coefficient (Wildman–Crippen LogP) is 2.40. The Kier molecular flexibility index (Phi) is 5.11. The second-order valence-electron chi connectivity index (χ2n) is 2.97. The number of methoxy groups -OCH3 is 2. The second kappa shape index (κ2) is 6.37. The van der Waals surface area contributed by atoms with Gasteiger partial charge in [0.25, 0.3) is 0 Å². The number of carbonyl (C=O) groups is 1. The topological polar surface area (TPSA) is 44.8 Å². The highest BCUT2D eigenvalue weighted by molar-refractivity contribution is 9.10. The lowest BCUT2D eigenvalue weighted by atomic mass is 10.3. The zero-order chi connectivity index (χ0) is 12.0. The van der Waals surface area contributed by atoms with E-state index in [4.69, 9.17) is 9.47 Å². The molecule has 0 radical (unpaired) electrons. The zero-order valence-corrected chi connectivity index (χ0v) is 10.7. The molecule has 0 saturated carbocycles. The zero-order valence-electron chi connectivity index (χ0n) is 9.16. The lowest BCUT2D eigenvalue weighted by molar-refractivity contribution is -0.141. The molecule has 0 amide bonds. The normalized spacial score (nSPS) is 9.69. The molecule has 0 atom stereocenters. The van der Waals surface area contributed by atoms with Gasteiger partial charge in [0.15, 0.2) is 0 Å². The standard InChI is InChI=1S/C11H13BrO4/c1-14-8-3-4-10(9(12)7-8)16-6-5-11(13)15-2/h3-4,7H,5-6H2,1-2H3. The molecule has 0 spiro atoms. The summed E-state index contributed by atoms with van der Waals surface area (Å²) >= 11 is 3.35. The molecule has 0 saturated heterocycles. The summed E-state index contributed by atoms with van der Waals surface area (Å²) in [6, 6.07) is 5.37. The Morgan fingerprint density at radius 1 is 1.38 bits per heavy atom. The van der Waals surface area contributed by atoms with Gasteiger partial charge >= 0.3 is 5.97 Å². The third kappa shape index (κ3) is 3.73. The lowest BCUT2D eigenvalue weighted by Crippen LogP contribution is -2.07. The molecule has 1 rings (SSSR count). The first-order chi connectivity index (χ1) is 7.67. The van der Waals surface area contributed by atoms with Crippen LogP contribution in [0.1, 0.15) is 6.42 Å². The first kappa shape index (κ1) is 12.8. The summed E-state index contributed by atoms with van der Waals surface area (Å²) in [4.78, 5) is 10.9. The van der Waals surface area contributed by atoms with Gasteiger partial charge in [-0.1, -0.05) is 0 Å². The Balaban J connectivity index is 2.51. The summed E-state index contributed by atoms with van der Waals surface area (Å²) in [7, 11) is 2.95. The maximum Gasteiger partial charge on any atom is 0.308 e. The van der Waals surface area contributed by atoms with Gasteiger partial charge in [-0.15, -0.1) is 0 Å². The Morgan fingerprint density at radius 3 is 2.69 bits per heavy atom. The Morgan fingerprint density at radius 2 is 2.12 bits per heavy atom. The van der Waals surface area contributed by atoms with E-state index in [-0.39, 0.29) is 19.0 Å². The monoisotopic (exact) mass is 288 g/mol. The van der Waals surface area contributed by atoms with E-state index < -0.39 is 0 Å². The molecule has 0 N–H and O–H groups in total. The van der Waals surface area contributed by atoms with Gasteiger partial charge in [0.05, 0.1) is 31.7 Å². The van der Waals surface area contributed by atoms with E-state index in [1.165, 1.54) is 7.11 Å². The van der Waals surface area contributed by atoms with E-state index in [0.717, 1.165) is 10.2 Å². The van der Waals surface area contributed by atoms with E-state index >= 15 is 0 Å². The molecule has 16 heavy (non-hydrogen) atoms. The average molecular weight is 289 g/mol. The van der Waals surface area contributed by atoms with Gasteiger partial charge < -0.3 is 14.2 Å². The predicted molar refractivity (Wildman–Crippen MR) is 62.8 cm³/mol. The van der Waals surface area contributed by atoms with Crippen molar-refractivity contribution < 1.29 is 19.0 Å². The first-order valence-electron chi connectivity index (χ1n) is 4.70.